The van der Waals surface area contributed by atoms with Crippen LogP contribution in [0.5, 0.6) is 0 Å². The highest BCUT2D eigenvalue weighted by Gasteiger charge is 2.04. The molecule has 0 aliphatic carbocycles. The van der Waals surface area contributed by atoms with Crippen LogP contribution in [0.1, 0.15) is 26.2 Å². The largest absolute Gasteiger partial charge is 0.483 e. The Morgan fingerprint density at radius 1 is 1.13 bits per heavy atom. The first-order valence-corrected chi connectivity index (χ1v) is 6.44. The summed E-state index contributed by atoms with van der Waals surface area (Å²) in [6.07, 6.45) is 2.32. The van der Waals surface area contributed by atoms with E-state index < -0.39 is 15.6 Å². The Bertz CT molecular complexity index is 105. The van der Waals surface area contributed by atoms with Crippen LogP contribution in [0, 0.1) is 0 Å². The Hall–Kier alpha value is 0.0169. The van der Waals surface area contributed by atoms with E-state index in [1.807, 2.05) is 0 Å². The van der Waals surface area contributed by atoms with Crippen LogP contribution in [0.25, 0.3) is 0 Å². The first kappa shape index (κ1) is 17.4. The standard InChI is InChI=1S/C6H14O2.C3H10O3Si/c1-2-3-4-6(8)5-7;1-4-7(5-2)6-3/h6-8H,2-5H2,1H3;7H,1-3H3. The number of aliphatic hydroxyl groups is 2. The molecule has 0 bridgehead atoms. The van der Waals surface area contributed by atoms with Crippen molar-refractivity contribution in [3.63, 3.8) is 0 Å². The lowest BCUT2D eigenvalue weighted by molar-refractivity contribution is 0.0865. The molecule has 0 aromatic heterocycles. The van der Waals surface area contributed by atoms with Crippen LogP contribution in [0.15, 0.2) is 0 Å². The van der Waals surface area contributed by atoms with Gasteiger partial charge in [-0.05, 0) is 6.42 Å². The van der Waals surface area contributed by atoms with Crippen LogP contribution in [0.4, 0.5) is 0 Å². The summed E-state index contributed by atoms with van der Waals surface area (Å²) in [5.41, 5.74) is 0. The zero-order valence-corrected chi connectivity index (χ0v) is 11.3. The summed E-state index contributed by atoms with van der Waals surface area (Å²) in [7, 11) is 3.05. The highest BCUT2D eigenvalue weighted by atomic mass is 28.3. The summed E-state index contributed by atoms with van der Waals surface area (Å²) in [5, 5.41) is 17.1. The number of hydrogen-bond acceptors (Lipinski definition) is 5. The highest BCUT2D eigenvalue weighted by Crippen LogP contribution is 1.97. The van der Waals surface area contributed by atoms with Gasteiger partial charge in [0.2, 0.25) is 0 Å². The van der Waals surface area contributed by atoms with Crippen LogP contribution in [0.2, 0.25) is 0 Å². The van der Waals surface area contributed by atoms with Crippen molar-refractivity contribution in [3.8, 4) is 0 Å². The van der Waals surface area contributed by atoms with Crippen molar-refractivity contribution in [3.05, 3.63) is 0 Å². The van der Waals surface area contributed by atoms with Gasteiger partial charge in [-0.15, -0.1) is 0 Å². The molecule has 0 rings (SSSR count). The fraction of sp³-hybridized carbons (Fsp3) is 1.00. The van der Waals surface area contributed by atoms with Crippen molar-refractivity contribution in [2.75, 3.05) is 27.9 Å². The van der Waals surface area contributed by atoms with Crippen molar-refractivity contribution in [1.82, 2.24) is 0 Å². The molecule has 1 unspecified atom stereocenters. The molecule has 0 aromatic carbocycles. The van der Waals surface area contributed by atoms with Crippen LogP contribution >= 0.6 is 0 Å². The van der Waals surface area contributed by atoms with Gasteiger partial charge < -0.3 is 23.5 Å². The minimum absolute atomic E-state index is 0.0972. The predicted octanol–water partition coefficient (Wildman–Crippen LogP) is 0.173. The van der Waals surface area contributed by atoms with E-state index >= 15 is 0 Å². The second-order valence-corrected chi connectivity index (χ2v) is 4.97. The lowest BCUT2D eigenvalue weighted by Crippen LogP contribution is -2.21. The number of aliphatic hydroxyl groups excluding tert-OH is 2. The molecule has 94 valence electrons. The Morgan fingerprint density at radius 2 is 1.60 bits per heavy atom. The highest BCUT2D eigenvalue weighted by molar-refractivity contribution is 6.36. The maximum absolute atomic E-state index is 8.74. The van der Waals surface area contributed by atoms with E-state index in [-0.39, 0.29) is 6.61 Å². The quantitative estimate of drug-likeness (QED) is 0.621. The Morgan fingerprint density at radius 3 is 1.80 bits per heavy atom. The first-order valence-electron chi connectivity index (χ1n) is 5.03. The Labute approximate surface area is 93.9 Å². The van der Waals surface area contributed by atoms with E-state index in [4.69, 9.17) is 23.5 Å². The maximum Gasteiger partial charge on any atom is 0.483 e. The molecule has 0 aromatic rings. The van der Waals surface area contributed by atoms with Crippen LogP contribution in [-0.4, -0.2) is 53.8 Å². The molecule has 0 fully saturated rings. The Balaban J connectivity index is 0. The van der Waals surface area contributed by atoms with Gasteiger partial charge in [-0.3, -0.25) is 0 Å². The molecule has 0 aliphatic heterocycles. The van der Waals surface area contributed by atoms with Crippen LogP contribution in [0.3, 0.4) is 0 Å². The second kappa shape index (κ2) is 14.0. The van der Waals surface area contributed by atoms with E-state index in [0.29, 0.717) is 0 Å². The second-order valence-electron chi connectivity index (χ2n) is 2.97. The maximum atomic E-state index is 8.74. The molecule has 0 aliphatic rings. The van der Waals surface area contributed by atoms with Crippen molar-refractivity contribution in [2.45, 2.75) is 32.3 Å². The van der Waals surface area contributed by atoms with Gasteiger partial charge in [0.1, 0.15) is 0 Å². The van der Waals surface area contributed by atoms with Gasteiger partial charge in [0.25, 0.3) is 0 Å². The lowest BCUT2D eigenvalue weighted by atomic mass is 10.2. The number of hydrogen-bond donors (Lipinski definition) is 2. The van der Waals surface area contributed by atoms with Gasteiger partial charge in [0, 0.05) is 21.3 Å². The Kier molecular flexibility index (Phi) is 16.3. The van der Waals surface area contributed by atoms with E-state index in [1.54, 1.807) is 21.3 Å². The van der Waals surface area contributed by atoms with Crippen molar-refractivity contribution in [2.24, 2.45) is 0 Å². The summed E-state index contributed by atoms with van der Waals surface area (Å²) >= 11 is 0. The third-order valence-electron chi connectivity index (χ3n) is 1.68. The molecule has 5 nitrogen and oxygen atoms in total. The molecule has 2 N–H and O–H groups in total. The summed E-state index contributed by atoms with van der Waals surface area (Å²) in [5.74, 6) is 0. The normalized spacial score (nSPS) is 12.2. The molecule has 0 saturated heterocycles. The topological polar surface area (TPSA) is 68.2 Å². The van der Waals surface area contributed by atoms with Crippen molar-refractivity contribution >= 4 is 9.53 Å². The van der Waals surface area contributed by atoms with Crippen molar-refractivity contribution < 1.29 is 23.5 Å². The third kappa shape index (κ3) is 14.0. The van der Waals surface area contributed by atoms with Gasteiger partial charge in [-0.2, -0.15) is 0 Å². The average Bonchev–Trinajstić information content (AvgIpc) is 2.29. The summed E-state index contributed by atoms with van der Waals surface area (Å²) in [6, 6.07) is 0. The minimum Gasteiger partial charge on any atom is -0.394 e. The molecule has 0 heterocycles. The molecule has 15 heavy (non-hydrogen) atoms. The average molecular weight is 240 g/mol. The predicted molar refractivity (Wildman–Crippen MR) is 60.8 cm³/mol. The molecular formula is C9H24O5Si. The van der Waals surface area contributed by atoms with Gasteiger partial charge in [-0.25, -0.2) is 0 Å². The fourth-order valence-electron chi connectivity index (χ4n) is 0.820. The molecule has 1 atom stereocenters. The lowest BCUT2D eigenvalue weighted by Gasteiger charge is -2.05. The van der Waals surface area contributed by atoms with E-state index in [9.17, 15) is 0 Å². The molecule has 0 spiro atoms. The van der Waals surface area contributed by atoms with Crippen LogP contribution in [-0.2, 0) is 13.3 Å². The SMILES string of the molecule is CCCCC(O)CO.CO[SiH](OC)OC. The minimum atomic E-state index is -1.67. The zero-order chi connectivity index (χ0) is 12.1. The van der Waals surface area contributed by atoms with Gasteiger partial charge in [0.05, 0.1) is 12.7 Å². The number of unbranched alkanes of at least 4 members (excludes halogenated alkanes) is 1. The number of rotatable bonds is 7. The van der Waals surface area contributed by atoms with Crippen molar-refractivity contribution in [1.29, 1.82) is 0 Å². The van der Waals surface area contributed by atoms with Gasteiger partial charge in [-0.1, -0.05) is 19.8 Å². The molecule has 0 amide bonds. The van der Waals surface area contributed by atoms with Gasteiger partial charge in [0.15, 0.2) is 0 Å². The fourth-order valence-corrected chi connectivity index (χ4v) is 1.40. The third-order valence-corrected chi connectivity index (χ3v) is 2.83. The first-order chi connectivity index (χ1) is 7.15. The van der Waals surface area contributed by atoms with Crippen LogP contribution < -0.4 is 0 Å². The van der Waals surface area contributed by atoms with Gasteiger partial charge >= 0.3 is 9.53 Å². The molecule has 0 saturated carbocycles. The summed E-state index contributed by atoms with van der Waals surface area (Å²) in [4.78, 5) is 0. The molecular weight excluding hydrogens is 216 g/mol. The molecule has 6 heteroatoms. The smallest absolute Gasteiger partial charge is 0.394 e. The zero-order valence-electron chi connectivity index (χ0n) is 10.1. The van der Waals surface area contributed by atoms with E-state index in [2.05, 4.69) is 6.92 Å². The monoisotopic (exact) mass is 240 g/mol. The molecule has 0 radical (unpaired) electrons. The van der Waals surface area contributed by atoms with E-state index in [1.165, 1.54) is 0 Å². The van der Waals surface area contributed by atoms with E-state index in [0.717, 1.165) is 19.3 Å². The summed E-state index contributed by atoms with van der Waals surface area (Å²) < 4.78 is 14.2. The summed E-state index contributed by atoms with van der Waals surface area (Å²) in [6.45, 7) is 1.96.